The Bertz CT molecular complexity index is 1430. The van der Waals surface area contributed by atoms with Crippen molar-refractivity contribution in [2.75, 3.05) is 0 Å². The number of nitrogens with zero attached hydrogens (tertiary/aromatic N) is 4. The Morgan fingerprint density at radius 1 is 1.06 bits per heavy atom. The monoisotopic (exact) mass is 415 g/mol. The van der Waals surface area contributed by atoms with Crippen molar-refractivity contribution < 1.29 is 9.13 Å². The largest absolute Gasteiger partial charge is 0.489 e. The van der Waals surface area contributed by atoms with Crippen LogP contribution in [0.4, 0.5) is 4.39 Å². The molecule has 0 bridgehead atoms. The van der Waals surface area contributed by atoms with E-state index in [1.807, 2.05) is 31.3 Å². The molecule has 5 aromatic rings. The summed E-state index contributed by atoms with van der Waals surface area (Å²) >= 11 is 0. The summed E-state index contributed by atoms with van der Waals surface area (Å²) in [5.74, 6) is 0.865. The number of aryl methyl sites for hydroxylation is 1. The van der Waals surface area contributed by atoms with Crippen LogP contribution in [0.3, 0.4) is 0 Å². The summed E-state index contributed by atoms with van der Waals surface area (Å²) in [6.07, 6.45) is 3.38. The van der Waals surface area contributed by atoms with Crippen LogP contribution >= 0.6 is 0 Å². The number of benzene rings is 2. The van der Waals surface area contributed by atoms with Gasteiger partial charge in [0.25, 0.3) is 5.56 Å². The van der Waals surface area contributed by atoms with Gasteiger partial charge in [-0.2, -0.15) is 5.10 Å². The van der Waals surface area contributed by atoms with Gasteiger partial charge in [0.1, 0.15) is 23.9 Å². The number of halogens is 1. The molecule has 0 saturated heterocycles. The van der Waals surface area contributed by atoms with Gasteiger partial charge in [-0.15, -0.1) is 0 Å². The fraction of sp³-hybridized carbons (Fsp3) is 0.0870. The molecule has 8 heteroatoms. The quantitative estimate of drug-likeness (QED) is 0.473. The molecule has 7 nitrogen and oxygen atoms in total. The molecule has 5 rings (SSSR count). The maximum absolute atomic E-state index is 13.0. The Hall–Kier alpha value is -4.20. The standard InChI is InChI=1S/C23H18FN5O2/c1-28-21(8-10-25-28)23-26-19-7-6-17(12-20(19)27-23)29-11-9-18(13-22(29)30)31-14-15-2-4-16(24)5-3-15/h2-13H,14H2,1H3,(H,26,27). The molecule has 1 N–H and O–H groups in total. The van der Waals surface area contributed by atoms with E-state index in [0.717, 1.165) is 22.3 Å². The zero-order valence-corrected chi connectivity index (χ0v) is 16.6. The van der Waals surface area contributed by atoms with Crippen molar-refractivity contribution >= 4 is 11.0 Å². The second-order valence-corrected chi connectivity index (χ2v) is 7.11. The first-order valence-corrected chi connectivity index (χ1v) is 9.65. The lowest BCUT2D eigenvalue weighted by Crippen LogP contribution is -2.16. The number of imidazole rings is 1. The van der Waals surface area contributed by atoms with E-state index in [4.69, 9.17) is 4.74 Å². The Morgan fingerprint density at radius 2 is 1.90 bits per heavy atom. The topological polar surface area (TPSA) is 77.7 Å². The van der Waals surface area contributed by atoms with Gasteiger partial charge in [-0.25, -0.2) is 9.37 Å². The third kappa shape index (κ3) is 3.71. The van der Waals surface area contributed by atoms with Gasteiger partial charge in [0.2, 0.25) is 0 Å². The maximum atomic E-state index is 13.0. The van der Waals surface area contributed by atoms with Crippen LogP contribution in [0.1, 0.15) is 5.56 Å². The van der Waals surface area contributed by atoms with Crippen LogP contribution in [0.2, 0.25) is 0 Å². The zero-order valence-electron chi connectivity index (χ0n) is 16.6. The molecule has 0 spiro atoms. The Labute approximate surface area is 176 Å². The Balaban J connectivity index is 1.39. The van der Waals surface area contributed by atoms with Crippen molar-refractivity contribution in [1.29, 1.82) is 0 Å². The highest BCUT2D eigenvalue weighted by atomic mass is 19.1. The van der Waals surface area contributed by atoms with Crippen molar-refractivity contribution in [2.24, 2.45) is 7.05 Å². The van der Waals surface area contributed by atoms with Gasteiger partial charge >= 0.3 is 0 Å². The predicted molar refractivity (Wildman–Crippen MR) is 115 cm³/mol. The highest BCUT2D eigenvalue weighted by molar-refractivity contribution is 5.80. The number of hydrogen-bond donors (Lipinski definition) is 1. The van der Waals surface area contributed by atoms with Gasteiger partial charge in [0.05, 0.1) is 16.7 Å². The summed E-state index contributed by atoms with van der Waals surface area (Å²) in [7, 11) is 1.85. The molecule has 31 heavy (non-hydrogen) atoms. The van der Waals surface area contributed by atoms with Gasteiger partial charge in [0.15, 0.2) is 5.82 Å². The molecule has 0 aliphatic carbocycles. The third-order valence-corrected chi connectivity index (χ3v) is 5.02. The van der Waals surface area contributed by atoms with E-state index in [9.17, 15) is 9.18 Å². The molecule has 0 amide bonds. The normalized spacial score (nSPS) is 11.2. The summed E-state index contributed by atoms with van der Waals surface area (Å²) in [4.78, 5) is 20.5. The maximum Gasteiger partial charge on any atom is 0.258 e. The number of fused-ring (bicyclic) bond motifs is 1. The van der Waals surface area contributed by atoms with Crippen molar-refractivity contribution in [1.82, 2.24) is 24.3 Å². The molecule has 3 aromatic heterocycles. The molecule has 0 fully saturated rings. The molecule has 2 aromatic carbocycles. The number of aromatic nitrogens is 5. The highest BCUT2D eigenvalue weighted by Crippen LogP contribution is 2.22. The average molecular weight is 415 g/mol. The lowest BCUT2D eigenvalue weighted by Gasteiger charge is -2.09. The molecule has 0 aliphatic rings. The van der Waals surface area contributed by atoms with Crippen molar-refractivity contribution in [2.45, 2.75) is 6.61 Å². The van der Waals surface area contributed by atoms with E-state index in [1.54, 1.807) is 35.3 Å². The van der Waals surface area contributed by atoms with E-state index in [0.29, 0.717) is 17.3 Å². The van der Waals surface area contributed by atoms with E-state index < -0.39 is 0 Å². The summed E-state index contributed by atoms with van der Waals surface area (Å²) < 4.78 is 22.0. The summed E-state index contributed by atoms with van der Waals surface area (Å²) in [6.45, 7) is 0.251. The molecule has 0 saturated carbocycles. The van der Waals surface area contributed by atoms with Crippen LogP contribution in [-0.4, -0.2) is 24.3 Å². The van der Waals surface area contributed by atoms with E-state index in [1.165, 1.54) is 22.8 Å². The molecule has 0 unspecified atom stereocenters. The first-order chi connectivity index (χ1) is 15.1. The minimum atomic E-state index is -0.298. The van der Waals surface area contributed by atoms with Crippen LogP contribution < -0.4 is 10.3 Å². The number of nitrogens with one attached hydrogen (secondary N) is 1. The highest BCUT2D eigenvalue weighted by Gasteiger charge is 2.10. The SMILES string of the molecule is Cn1nccc1-c1nc2ccc(-n3ccc(OCc4ccc(F)cc4)cc3=O)cc2[nH]1. The smallest absolute Gasteiger partial charge is 0.258 e. The molecule has 0 radical (unpaired) electrons. The van der Waals surface area contributed by atoms with E-state index in [2.05, 4.69) is 15.1 Å². The van der Waals surface area contributed by atoms with Crippen molar-refractivity contribution in [3.63, 3.8) is 0 Å². The molecule has 3 heterocycles. The predicted octanol–water partition coefficient (Wildman–Crippen LogP) is 3.83. The number of H-pyrrole nitrogens is 1. The lowest BCUT2D eigenvalue weighted by atomic mass is 10.2. The number of hydrogen-bond acceptors (Lipinski definition) is 4. The molecule has 0 aliphatic heterocycles. The number of ether oxygens (including phenoxy) is 1. The van der Waals surface area contributed by atoms with E-state index >= 15 is 0 Å². The van der Waals surface area contributed by atoms with Crippen LogP contribution in [-0.2, 0) is 13.7 Å². The first-order valence-electron chi connectivity index (χ1n) is 9.65. The van der Waals surface area contributed by atoms with Crippen LogP contribution in [0, 0.1) is 5.82 Å². The second kappa shape index (κ2) is 7.56. The summed E-state index contributed by atoms with van der Waals surface area (Å²) in [6, 6.07) is 16.7. The van der Waals surface area contributed by atoms with Gasteiger partial charge in [-0.1, -0.05) is 12.1 Å². The molecular formula is C23H18FN5O2. The van der Waals surface area contributed by atoms with Gasteiger partial charge in [-0.05, 0) is 48.0 Å². The fourth-order valence-corrected chi connectivity index (χ4v) is 3.39. The molecule has 154 valence electrons. The number of aromatic amines is 1. The third-order valence-electron chi connectivity index (χ3n) is 5.02. The fourth-order valence-electron chi connectivity index (χ4n) is 3.39. The van der Waals surface area contributed by atoms with Gasteiger partial charge in [-0.3, -0.25) is 14.0 Å². The van der Waals surface area contributed by atoms with Crippen LogP contribution in [0.5, 0.6) is 5.75 Å². The van der Waals surface area contributed by atoms with Gasteiger partial charge < -0.3 is 9.72 Å². The molecular weight excluding hydrogens is 397 g/mol. The first kappa shape index (κ1) is 18.8. The lowest BCUT2D eigenvalue weighted by molar-refractivity contribution is 0.305. The number of pyridine rings is 1. The van der Waals surface area contributed by atoms with E-state index in [-0.39, 0.29) is 18.0 Å². The Morgan fingerprint density at radius 3 is 2.65 bits per heavy atom. The van der Waals surface area contributed by atoms with Crippen LogP contribution in [0.25, 0.3) is 28.2 Å². The minimum absolute atomic E-state index is 0.220. The average Bonchev–Trinajstić information content (AvgIpc) is 3.38. The minimum Gasteiger partial charge on any atom is -0.489 e. The summed E-state index contributed by atoms with van der Waals surface area (Å²) in [5.41, 5.74) is 3.80. The van der Waals surface area contributed by atoms with Gasteiger partial charge in [0, 0.05) is 25.5 Å². The zero-order chi connectivity index (χ0) is 21.4. The van der Waals surface area contributed by atoms with Crippen molar-refractivity contribution in [3.05, 3.63) is 94.8 Å². The number of rotatable bonds is 5. The Kier molecular flexibility index (Phi) is 4.59. The molecule has 0 atom stereocenters. The second-order valence-electron chi connectivity index (χ2n) is 7.11. The van der Waals surface area contributed by atoms with Crippen LogP contribution in [0.15, 0.2) is 77.9 Å². The summed E-state index contributed by atoms with van der Waals surface area (Å²) in [5, 5.41) is 4.17. The van der Waals surface area contributed by atoms with Crippen molar-refractivity contribution in [3.8, 4) is 23.0 Å².